The minimum atomic E-state index is 0.101. The zero-order valence-corrected chi connectivity index (χ0v) is 10.0. The van der Waals surface area contributed by atoms with Gasteiger partial charge >= 0.3 is 0 Å². The van der Waals surface area contributed by atoms with E-state index in [-0.39, 0.29) is 5.78 Å². The second-order valence-electron chi connectivity index (χ2n) is 4.01. The lowest BCUT2D eigenvalue weighted by atomic mass is 10.1. The molecule has 0 unspecified atom stereocenters. The van der Waals surface area contributed by atoms with E-state index in [4.69, 9.17) is 9.47 Å². The maximum Gasteiger partial charge on any atom is 0.180 e. The van der Waals surface area contributed by atoms with E-state index >= 15 is 0 Å². The summed E-state index contributed by atoms with van der Waals surface area (Å²) in [5.74, 6) is 0.745. The van der Waals surface area contributed by atoms with Crippen LogP contribution in [0.15, 0.2) is 24.3 Å². The molecule has 0 N–H and O–H groups in total. The highest BCUT2D eigenvalue weighted by Gasteiger charge is 2.17. The van der Waals surface area contributed by atoms with Gasteiger partial charge in [0.1, 0.15) is 5.75 Å². The number of morpholine rings is 1. The second-order valence-corrected chi connectivity index (χ2v) is 4.01. The van der Waals surface area contributed by atoms with Crippen molar-refractivity contribution in [2.24, 2.45) is 0 Å². The molecule has 0 spiro atoms. The average molecular weight is 235 g/mol. The minimum absolute atomic E-state index is 0.101. The molecule has 0 bridgehead atoms. The highest BCUT2D eigenvalue weighted by atomic mass is 16.5. The van der Waals surface area contributed by atoms with Crippen LogP contribution in [0.5, 0.6) is 5.75 Å². The second kappa shape index (κ2) is 5.80. The van der Waals surface area contributed by atoms with E-state index in [0.29, 0.717) is 31.1 Å². The third-order valence-corrected chi connectivity index (χ3v) is 2.88. The number of hydrogen-bond acceptors (Lipinski definition) is 4. The van der Waals surface area contributed by atoms with Crippen molar-refractivity contribution in [3.8, 4) is 5.75 Å². The first-order chi connectivity index (χ1) is 8.31. The third kappa shape index (κ3) is 3.05. The summed E-state index contributed by atoms with van der Waals surface area (Å²) in [5.41, 5.74) is 0.654. The number of benzene rings is 1. The first-order valence-corrected chi connectivity index (χ1v) is 5.77. The van der Waals surface area contributed by atoms with Crippen LogP contribution in [0.1, 0.15) is 10.4 Å². The summed E-state index contributed by atoms with van der Waals surface area (Å²) in [6.07, 6.45) is 0. The number of methoxy groups -OCH3 is 1. The van der Waals surface area contributed by atoms with Crippen LogP contribution in [0.2, 0.25) is 0 Å². The first kappa shape index (κ1) is 12.1. The van der Waals surface area contributed by atoms with Gasteiger partial charge in [-0.25, -0.2) is 0 Å². The molecule has 1 aliphatic rings. The molecule has 0 saturated carbocycles. The van der Waals surface area contributed by atoms with Crippen LogP contribution < -0.4 is 4.74 Å². The summed E-state index contributed by atoms with van der Waals surface area (Å²) in [4.78, 5) is 14.2. The molecule has 92 valence electrons. The first-order valence-electron chi connectivity index (χ1n) is 5.77. The number of hydrogen-bond donors (Lipinski definition) is 0. The number of carbonyl (C=O) groups is 1. The van der Waals surface area contributed by atoms with Gasteiger partial charge in [-0.2, -0.15) is 0 Å². The summed E-state index contributed by atoms with van der Waals surface area (Å²) >= 11 is 0. The zero-order chi connectivity index (χ0) is 12.1. The fourth-order valence-electron chi connectivity index (χ4n) is 1.92. The molecule has 0 aliphatic carbocycles. The quantitative estimate of drug-likeness (QED) is 0.735. The van der Waals surface area contributed by atoms with E-state index in [2.05, 4.69) is 4.90 Å². The Kier molecular flexibility index (Phi) is 4.12. The third-order valence-electron chi connectivity index (χ3n) is 2.88. The maximum atomic E-state index is 12.1. The van der Waals surface area contributed by atoms with Crippen molar-refractivity contribution >= 4 is 5.78 Å². The number of para-hydroxylation sites is 1. The number of rotatable bonds is 4. The highest BCUT2D eigenvalue weighted by Crippen LogP contribution is 2.18. The van der Waals surface area contributed by atoms with Crippen LogP contribution in [-0.4, -0.2) is 50.6 Å². The van der Waals surface area contributed by atoms with Gasteiger partial charge in [0.05, 0.1) is 32.4 Å². The molecule has 1 aromatic rings. The fourth-order valence-corrected chi connectivity index (χ4v) is 1.92. The average Bonchev–Trinajstić information content (AvgIpc) is 2.40. The lowest BCUT2D eigenvalue weighted by molar-refractivity contribution is 0.0370. The van der Waals surface area contributed by atoms with Gasteiger partial charge in [-0.05, 0) is 12.1 Å². The van der Waals surface area contributed by atoms with E-state index in [1.165, 1.54) is 0 Å². The van der Waals surface area contributed by atoms with E-state index in [0.717, 1.165) is 13.1 Å². The summed E-state index contributed by atoms with van der Waals surface area (Å²) < 4.78 is 10.4. The van der Waals surface area contributed by atoms with E-state index < -0.39 is 0 Å². The largest absolute Gasteiger partial charge is 0.496 e. The van der Waals surface area contributed by atoms with Crippen LogP contribution in [0.25, 0.3) is 0 Å². The highest BCUT2D eigenvalue weighted by molar-refractivity contribution is 6.00. The Morgan fingerprint density at radius 3 is 2.76 bits per heavy atom. The van der Waals surface area contributed by atoms with E-state index in [1.54, 1.807) is 7.11 Å². The molecule has 4 heteroatoms. The predicted molar refractivity (Wildman–Crippen MR) is 64.6 cm³/mol. The van der Waals surface area contributed by atoms with Crippen LogP contribution in [0, 0.1) is 0 Å². The normalized spacial score (nSPS) is 16.8. The number of Topliss-reactive ketones (excluding diaryl/α,β-unsaturated/α-hetero) is 1. The van der Waals surface area contributed by atoms with Gasteiger partial charge in [-0.3, -0.25) is 9.69 Å². The van der Waals surface area contributed by atoms with Gasteiger partial charge in [0, 0.05) is 13.1 Å². The Morgan fingerprint density at radius 2 is 2.06 bits per heavy atom. The van der Waals surface area contributed by atoms with Gasteiger partial charge in [-0.15, -0.1) is 0 Å². The molecule has 1 heterocycles. The molecule has 0 amide bonds. The van der Waals surface area contributed by atoms with Crippen molar-refractivity contribution in [3.05, 3.63) is 29.8 Å². The molecule has 17 heavy (non-hydrogen) atoms. The van der Waals surface area contributed by atoms with Crippen molar-refractivity contribution in [3.63, 3.8) is 0 Å². The van der Waals surface area contributed by atoms with Gasteiger partial charge in [-0.1, -0.05) is 12.1 Å². The molecule has 4 nitrogen and oxygen atoms in total. The van der Waals surface area contributed by atoms with Crippen molar-refractivity contribution in [1.29, 1.82) is 0 Å². The van der Waals surface area contributed by atoms with Crippen molar-refractivity contribution < 1.29 is 14.3 Å². The SMILES string of the molecule is COc1ccccc1C(=O)CN1CCOCC1. The Morgan fingerprint density at radius 1 is 1.35 bits per heavy atom. The maximum absolute atomic E-state index is 12.1. The predicted octanol–water partition coefficient (Wildman–Crippen LogP) is 1.21. The van der Waals surface area contributed by atoms with Crippen LogP contribution >= 0.6 is 0 Å². The summed E-state index contributed by atoms with van der Waals surface area (Å²) in [6.45, 7) is 3.49. The molecular formula is C13H17NO3. The van der Waals surface area contributed by atoms with Crippen LogP contribution in [-0.2, 0) is 4.74 Å². The molecule has 1 aliphatic heterocycles. The molecule has 1 saturated heterocycles. The zero-order valence-electron chi connectivity index (χ0n) is 10.0. The Labute approximate surface area is 101 Å². The Hall–Kier alpha value is -1.39. The van der Waals surface area contributed by atoms with E-state index in [1.807, 2.05) is 24.3 Å². The lowest BCUT2D eigenvalue weighted by Gasteiger charge is -2.25. The number of nitrogens with zero attached hydrogens (tertiary/aromatic N) is 1. The molecule has 0 atom stereocenters. The van der Waals surface area contributed by atoms with E-state index in [9.17, 15) is 4.79 Å². The van der Waals surface area contributed by atoms with Crippen LogP contribution in [0.4, 0.5) is 0 Å². The topological polar surface area (TPSA) is 38.8 Å². The summed E-state index contributed by atoms with van der Waals surface area (Å²) in [5, 5.41) is 0. The number of ether oxygens (including phenoxy) is 2. The Bertz CT molecular complexity index is 386. The van der Waals surface area contributed by atoms with Gasteiger partial charge in [0.25, 0.3) is 0 Å². The van der Waals surface area contributed by atoms with Crippen LogP contribution in [0.3, 0.4) is 0 Å². The smallest absolute Gasteiger partial charge is 0.180 e. The van der Waals surface area contributed by atoms with Gasteiger partial charge in [0.15, 0.2) is 5.78 Å². The van der Waals surface area contributed by atoms with Crippen molar-refractivity contribution in [2.45, 2.75) is 0 Å². The summed E-state index contributed by atoms with van der Waals surface area (Å²) in [7, 11) is 1.58. The molecular weight excluding hydrogens is 218 g/mol. The minimum Gasteiger partial charge on any atom is -0.496 e. The molecule has 0 aromatic heterocycles. The molecule has 2 rings (SSSR count). The van der Waals surface area contributed by atoms with Crippen molar-refractivity contribution in [1.82, 2.24) is 4.90 Å². The molecule has 0 radical (unpaired) electrons. The Balaban J connectivity index is 2.03. The lowest BCUT2D eigenvalue weighted by Crippen LogP contribution is -2.39. The monoisotopic (exact) mass is 235 g/mol. The summed E-state index contributed by atoms with van der Waals surface area (Å²) in [6, 6.07) is 7.34. The molecule has 1 fully saturated rings. The number of carbonyl (C=O) groups excluding carboxylic acids is 1. The van der Waals surface area contributed by atoms with Gasteiger partial charge in [0.2, 0.25) is 0 Å². The fraction of sp³-hybridized carbons (Fsp3) is 0.462. The standard InChI is InChI=1S/C13H17NO3/c1-16-13-5-3-2-4-11(13)12(15)10-14-6-8-17-9-7-14/h2-5H,6-10H2,1H3. The van der Waals surface area contributed by atoms with Crippen molar-refractivity contribution in [2.75, 3.05) is 40.0 Å². The number of ketones is 1. The molecule has 1 aromatic carbocycles. The van der Waals surface area contributed by atoms with Gasteiger partial charge < -0.3 is 9.47 Å².